The van der Waals surface area contributed by atoms with Crippen LogP contribution in [-0.2, 0) is 10.8 Å². The van der Waals surface area contributed by atoms with Crippen molar-refractivity contribution in [3.05, 3.63) is 53.6 Å². The number of ether oxygens (including phenoxy) is 1. The van der Waals surface area contributed by atoms with Gasteiger partial charge in [0.05, 0.1) is 24.0 Å². The average Bonchev–Trinajstić information content (AvgIpc) is 2.77. The summed E-state index contributed by atoms with van der Waals surface area (Å²) in [4.78, 5) is 0.693. The van der Waals surface area contributed by atoms with Gasteiger partial charge in [-0.05, 0) is 23.6 Å². The van der Waals surface area contributed by atoms with Gasteiger partial charge in [0.1, 0.15) is 0 Å². The molecule has 3 atom stereocenters. The van der Waals surface area contributed by atoms with Crippen molar-refractivity contribution in [1.82, 2.24) is 5.32 Å². The molecule has 2 N–H and O–H groups in total. The van der Waals surface area contributed by atoms with Gasteiger partial charge in [0.2, 0.25) is 0 Å². The van der Waals surface area contributed by atoms with Crippen molar-refractivity contribution < 1.29 is 14.1 Å². The molecule has 0 fully saturated rings. The first-order chi connectivity index (χ1) is 12.1. The molecule has 3 rings (SSSR count). The number of aromatic hydroxyl groups is 1. The summed E-state index contributed by atoms with van der Waals surface area (Å²) in [7, 11) is 0.373. The van der Waals surface area contributed by atoms with E-state index in [1.165, 1.54) is 7.11 Å². The molecule has 0 radical (unpaired) electrons. The normalized spacial score (nSPS) is 22.9. The Bertz CT molecular complexity index is 748. The van der Waals surface area contributed by atoms with Crippen LogP contribution >= 0.6 is 0 Å². The van der Waals surface area contributed by atoms with E-state index >= 15 is 0 Å². The van der Waals surface area contributed by atoms with Gasteiger partial charge in [-0.1, -0.05) is 50.1 Å². The van der Waals surface area contributed by atoms with Crippen molar-refractivity contribution in [3.63, 3.8) is 0 Å². The van der Waals surface area contributed by atoms with E-state index in [9.17, 15) is 9.32 Å². The Hall–Kier alpha value is -1.85. The van der Waals surface area contributed by atoms with E-state index in [1.54, 1.807) is 6.07 Å². The predicted octanol–water partition coefficient (Wildman–Crippen LogP) is 3.76. The lowest BCUT2D eigenvalue weighted by molar-refractivity contribution is 0.370. The molecule has 0 saturated carbocycles. The zero-order valence-corrected chi connectivity index (χ0v) is 15.5. The Morgan fingerprint density at radius 3 is 2.72 bits per heavy atom. The molecule has 2 aromatic rings. The molecule has 134 valence electrons. The van der Waals surface area contributed by atoms with E-state index < -0.39 is 10.8 Å². The number of hydrogen-bond donors (Lipinski definition) is 2. The smallest absolute Gasteiger partial charge is 0.160 e. The molecule has 1 aliphatic heterocycles. The van der Waals surface area contributed by atoms with Gasteiger partial charge < -0.3 is 15.2 Å². The average molecular weight is 359 g/mol. The third kappa shape index (κ3) is 3.88. The number of hydrogen-bond acceptors (Lipinski definition) is 4. The molecule has 4 nitrogen and oxygen atoms in total. The van der Waals surface area contributed by atoms with E-state index in [0.717, 1.165) is 30.4 Å². The van der Waals surface area contributed by atoms with Crippen molar-refractivity contribution in [3.8, 4) is 11.5 Å². The van der Waals surface area contributed by atoms with E-state index in [2.05, 4.69) is 24.4 Å². The first kappa shape index (κ1) is 18.0. The van der Waals surface area contributed by atoms with E-state index in [0.29, 0.717) is 16.4 Å². The van der Waals surface area contributed by atoms with Gasteiger partial charge in [0.25, 0.3) is 0 Å². The summed E-state index contributed by atoms with van der Waals surface area (Å²) in [6, 6.07) is 13.7. The largest absolute Gasteiger partial charge is 0.504 e. The predicted molar refractivity (Wildman–Crippen MR) is 101 cm³/mol. The van der Waals surface area contributed by atoms with Crippen LogP contribution in [0.25, 0.3) is 0 Å². The lowest BCUT2D eigenvalue weighted by Crippen LogP contribution is -2.35. The minimum atomic E-state index is -1.16. The zero-order chi connectivity index (χ0) is 17.8. The Balaban J connectivity index is 2.09. The molecule has 5 heteroatoms. The maximum Gasteiger partial charge on any atom is 0.160 e. The molecule has 2 aromatic carbocycles. The molecule has 0 aromatic heterocycles. The van der Waals surface area contributed by atoms with E-state index in [4.69, 9.17) is 4.74 Å². The summed E-state index contributed by atoms with van der Waals surface area (Å²) in [5, 5.41) is 13.9. The van der Waals surface area contributed by atoms with Gasteiger partial charge in [-0.25, -0.2) is 0 Å². The number of benzene rings is 2. The van der Waals surface area contributed by atoms with Gasteiger partial charge >= 0.3 is 0 Å². The highest BCUT2D eigenvalue weighted by Crippen LogP contribution is 2.38. The van der Waals surface area contributed by atoms with Crippen molar-refractivity contribution in [2.24, 2.45) is 0 Å². The molecule has 0 bridgehead atoms. The fourth-order valence-corrected chi connectivity index (χ4v) is 4.83. The maximum absolute atomic E-state index is 12.9. The molecule has 0 saturated heterocycles. The van der Waals surface area contributed by atoms with Crippen molar-refractivity contribution >= 4 is 10.8 Å². The second-order valence-electron chi connectivity index (χ2n) is 6.42. The van der Waals surface area contributed by atoms with Crippen LogP contribution in [0, 0.1) is 0 Å². The van der Waals surface area contributed by atoms with Crippen LogP contribution in [0.2, 0.25) is 0 Å². The van der Waals surface area contributed by atoms with Crippen molar-refractivity contribution in [2.45, 2.75) is 43.2 Å². The fraction of sp³-hybridized carbons (Fsp3) is 0.400. The summed E-state index contributed by atoms with van der Waals surface area (Å²) in [6.45, 7) is 2.17. The number of nitrogens with one attached hydrogen (secondary N) is 1. The minimum absolute atomic E-state index is 0.0356. The molecule has 0 aliphatic carbocycles. The Morgan fingerprint density at radius 2 is 2.04 bits per heavy atom. The van der Waals surface area contributed by atoms with E-state index in [-0.39, 0.29) is 17.8 Å². The van der Waals surface area contributed by atoms with Gasteiger partial charge in [-0.3, -0.25) is 4.21 Å². The number of rotatable bonds is 5. The fourth-order valence-electron chi connectivity index (χ4n) is 3.34. The Morgan fingerprint density at radius 1 is 1.28 bits per heavy atom. The number of fused-ring (bicyclic) bond motifs is 1. The quantitative estimate of drug-likeness (QED) is 0.853. The second-order valence-corrected chi connectivity index (χ2v) is 7.89. The monoisotopic (exact) mass is 359 g/mol. The van der Waals surface area contributed by atoms with Crippen molar-refractivity contribution in [1.29, 1.82) is 0 Å². The maximum atomic E-state index is 12.9. The Labute approximate surface area is 151 Å². The second kappa shape index (κ2) is 8.02. The zero-order valence-electron chi connectivity index (χ0n) is 14.7. The molecule has 1 heterocycles. The standard InChI is InChI=1S/C20H25NO3S/c1-3-4-10-15-13-25(23)19-12-17(22)18(24-2)11-16(19)20(21-15)14-8-6-5-7-9-14/h5-9,11-12,15,20-22H,3-4,10,13H2,1-2H3/t15-,20-,25+/m1/s1. The minimum Gasteiger partial charge on any atom is -0.504 e. The van der Waals surface area contributed by atoms with Gasteiger partial charge in [-0.15, -0.1) is 0 Å². The summed E-state index contributed by atoms with van der Waals surface area (Å²) in [5.41, 5.74) is 2.04. The van der Waals surface area contributed by atoms with Crippen LogP contribution in [0.4, 0.5) is 0 Å². The lowest BCUT2D eigenvalue weighted by Gasteiger charge is -2.24. The SMILES string of the molecule is CCCC[C@@H]1C[S@](=O)c2cc(O)c(OC)cc2[C@@H](c2ccccc2)N1. The van der Waals surface area contributed by atoms with Gasteiger partial charge in [0, 0.05) is 22.8 Å². The number of unbranched alkanes of at least 4 members (excludes halogenated alkanes) is 1. The number of methoxy groups -OCH3 is 1. The third-order valence-electron chi connectivity index (χ3n) is 4.66. The molecule has 1 aliphatic rings. The van der Waals surface area contributed by atoms with Crippen LogP contribution in [0.1, 0.15) is 43.4 Å². The van der Waals surface area contributed by atoms with Crippen molar-refractivity contribution in [2.75, 3.05) is 12.9 Å². The first-order valence-electron chi connectivity index (χ1n) is 8.74. The van der Waals surface area contributed by atoms with Gasteiger partial charge in [-0.2, -0.15) is 0 Å². The topological polar surface area (TPSA) is 58.6 Å². The highest BCUT2D eigenvalue weighted by atomic mass is 32.2. The van der Waals surface area contributed by atoms with E-state index in [1.807, 2.05) is 24.3 Å². The first-order valence-corrected chi connectivity index (χ1v) is 10.1. The summed E-state index contributed by atoms with van der Waals surface area (Å²) < 4.78 is 18.2. The van der Waals surface area contributed by atoms with Crippen LogP contribution in [-0.4, -0.2) is 28.2 Å². The molecule has 0 amide bonds. The van der Waals surface area contributed by atoms with Crippen LogP contribution in [0.5, 0.6) is 11.5 Å². The summed E-state index contributed by atoms with van der Waals surface area (Å²) in [5.74, 6) is 1.00. The lowest BCUT2D eigenvalue weighted by atomic mass is 9.96. The summed E-state index contributed by atoms with van der Waals surface area (Å²) >= 11 is 0. The highest BCUT2D eigenvalue weighted by Gasteiger charge is 2.30. The molecular weight excluding hydrogens is 334 g/mol. The molecule has 0 unspecified atom stereocenters. The number of phenolic OH excluding ortho intramolecular Hbond substituents is 1. The third-order valence-corrected chi connectivity index (χ3v) is 6.21. The highest BCUT2D eigenvalue weighted by molar-refractivity contribution is 7.85. The van der Waals surface area contributed by atoms with Crippen LogP contribution in [0.3, 0.4) is 0 Å². The Kier molecular flexibility index (Phi) is 5.76. The van der Waals surface area contributed by atoms with Crippen LogP contribution in [0.15, 0.2) is 47.4 Å². The summed E-state index contributed by atoms with van der Waals surface area (Å²) in [6.07, 6.45) is 3.20. The molecule has 0 spiro atoms. The van der Waals surface area contributed by atoms with Crippen LogP contribution < -0.4 is 10.1 Å². The molecular formula is C20H25NO3S. The van der Waals surface area contributed by atoms with Gasteiger partial charge in [0.15, 0.2) is 11.5 Å². The number of phenols is 1. The molecule has 25 heavy (non-hydrogen) atoms.